The van der Waals surface area contributed by atoms with Crippen LogP contribution >= 0.6 is 0 Å². The highest BCUT2D eigenvalue weighted by atomic mass is 16.5. The van der Waals surface area contributed by atoms with Crippen molar-refractivity contribution in [2.75, 3.05) is 13.2 Å². The van der Waals surface area contributed by atoms with Crippen molar-refractivity contribution in [2.45, 2.75) is 32.1 Å². The fraction of sp³-hybridized carbons (Fsp3) is 0.636. The second-order valence-electron chi connectivity index (χ2n) is 3.21. The number of ether oxygens (including phenoxy) is 2. The van der Waals surface area contributed by atoms with Crippen molar-refractivity contribution in [1.29, 1.82) is 0 Å². The zero-order valence-corrected chi connectivity index (χ0v) is 9.31. The third kappa shape index (κ3) is 10.6. The molecule has 0 aliphatic rings. The minimum atomic E-state index is -0.894. The number of esters is 1. The zero-order valence-electron chi connectivity index (χ0n) is 9.31. The lowest BCUT2D eigenvalue weighted by atomic mass is 10.2. The van der Waals surface area contributed by atoms with E-state index in [0.29, 0.717) is 19.6 Å². The van der Waals surface area contributed by atoms with Crippen molar-refractivity contribution in [1.82, 2.24) is 0 Å². The van der Waals surface area contributed by atoms with Crippen LogP contribution in [0.4, 0.5) is 0 Å². The highest BCUT2D eigenvalue weighted by Gasteiger charge is 2.04. The number of aliphatic carboxylic acids is 1. The van der Waals surface area contributed by atoms with Crippen LogP contribution in [0.2, 0.25) is 0 Å². The van der Waals surface area contributed by atoms with Gasteiger partial charge in [-0.25, -0.2) is 0 Å². The third-order valence-corrected chi connectivity index (χ3v) is 1.81. The lowest BCUT2D eigenvalue weighted by molar-refractivity contribution is -0.144. The van der Waals surface area contributed by atoms with Crippen molar-refractivity contribution in [3.63, 3.8) is 0 Å². The Labute approximate surface area is 95.0 Å². The molecule has 0 saturated carbocycles. The molecule has 5 heteroatoms. The largest absolute Gasteiger partial charge is 0.502 e. The molecule has 0 aliphatic carbocycles. The van der Waals surface area contributed by atoms with Crippen LogP contribution in [-0.2, 0) is 19.1 Å². The van der Waals surface area contributed by atoms with E-state index in [1.165, 1.54) is 6.26 Å². The Balaban J connectivity index is 3.23. The molecule has 92 valence electrons. The molecule has 5 nitrogen and oxygen atoms in total. The molecule has 0 radical (unpaired) electrons. The summed E-state index contributed by atoms with van der Waals surface area (Å²) in [5.74, 6) is -1.24. The van der Waals surface area contributed by atoms with E-state index >= 15 is 0 Å². The van der Waals surface area contributed by atoms with Crippen LogP contribution in [-0.4, -0.2) is 30.3 Å². The lowest BCUT2D eigenvalue weighted by Gasteiger charge is -2.04. The molecular weight excluding hydrogens is 212 g/mol. The molecule has 0 saturated heterocycles. The molecular formula is C11H18O5. The SMILES string of the molecule is C=COCCCCOC(=O)CCCC(=O)O. The summed E-state index contributed by atoms with van der Waals surface area (Å²) in [7, 11) is 0. The number of unbranched alkanes of at least 4 members (excludes halogenated alkanes) is 1. The van der Waals surface area contributed by atoms with Gasteiger partial charge in [-0.05, 0) is 19.3 Å². The third-order valence-electron chi connectivity index (χ3n) is 1.81. The number of carboxylic acid groups (broad SMARTS) is 1. The first-order valence-corrected chi connectivity index (χ1v) is 5.26. The van der Waals surface area contributed by atoms with E-state index in [4.69, 9.17) is 14.6 Å². The molecule has 0 aliphatic heterocycles. The van der Waals surface area contributed by atoms with Crippen LogP contribution in [0.3, 0.4) is 0 Å². The Hall–Kier alpha value is -1.52. The van der Waals surface area contributed by atoms with Gasteiger partial charge in [0.05, 0.1) is 19.5 Å². The normalized spacial score (nSPS) is 9.50. The molecule has 0 aromatic heterocycles. The summed E-state index contributed by atoms with van der Waals surface area (Å²) in [6.07, 6.45) is 3.40. The van der Waals surface area contributed by atoms with E-state index in [9.17, 15) is 9.59 Å². The standard InChI is InChI=1S/C11H18O5/c1-2-15-8-3-4-9-16-11(14)7-5-6-10(12)13/h2H,1,3-9H2,(H,12,13). The Morgan fingerprint density at radius 1 is 1.12 bits per heavy atom. The molecule has 0 fully saturated rings. The number of hydrogen-bond acceptors (Lipinski definition) is 4. The van der Waals surface area contributed by atoms with E-state index in [-0.39, 0.29) is 18.8 Å². The van der Waals surface area contributed by atoms with Crippen molar-refractivity contribution in [2.24, 2.45) is 0 Å². The van der Waals surface area contributed by atoms with Crippen molar-refractivity contribution in [3.05, 3.63) is 12.8 Å². The highest BCUT2D eigenvalue weighted by molar-refractivity contribution is 5.71. The van der Waals surface area contributed by atoms with E-state index < -0.39 is 5.97 Å². The Kier molecular flexibility index (Phi) is 9.06. The number of carboxylic acids is 1. The molecule has 0 spiro atoms. The van der Waals surface area contributed by atoms with Gasteiger partial charge in [0, 0.05) is 12.8 Å². The van der Waals surface area contributed by atoms with Gasteiger partial charge in [-0.3, -0.25) is 9.59 Å². The van der Waals surface area contributed by atoms with Gasteiger partial charge in [-0.2, -0.15) is 0 Å². The maximum atomic E-state index is 11.1. The highest BCUT2D eigenvalue weighted by Crippen LogP contribution is 1.99. The van der Waals surface area contributed by atoms with Gasteiger partial charge < -0.3 is 14.6 Å². The smallest absolute Gasteiger partial charge is 0.305 e. The Morgan fingerprint density at radius 3 is 2.44 bits per heavy atom. The fourth-order valence-electron chi connectivity index (χ4n) is 1.01. The summed E-state index contributed by atoms with van der Waals surface area (Å²) in [6, 6.07) is 0. The first-order chi connectivity index (χ1) is 7.66. The summed E-state index contributed by atoms with van der Waals surface area (Å²) in [5.41, 5.74) is 0. The number of hydrogen-bond donors (Lipinski definition) is 1. The van der Waals surface area contributed by atoms with Gasteiger partial charge in [0.15, 0.2) is 0 Å². The molecule has 0 aromatic rings. The van der Waals surface area contributed by atoms with E-state index in [0.717, 1.165) is 12.8 Å². The summed E-state index contributed by atoms with van der Waals surface area (Å²) in [4.78, 5) is 21.2. The Morgan fingerprint density at radius 2 is 1.81 bits per heavy atom. The Bertz CT molecular complexity index is 224. The van der Waals surface area contributed by atoms with Crippen molar-refractivity contribution < 1.29 is 24.2 Å². The molecule has 0 atom stereocenters. The summed E-state index contributed by atoms with van der Waals surface area (Å²) in [6.45, 7) is 4.32. The van der Waals surface area contributed by atoms with Crippen LogP contribution in [0.25, 0.3) is 0 Å². The van der Waals surface area contributed by atoms with Gasteiger partial charge >= 0.3 is 11.9 Å². The van der Waals surface area contributed by atoms with Gasteiger partial charge in [-0.1, -0.05) is 6.58 Å². The number of carbonyl (C=O) groups is 2. The van der Waals surface area contributed by atoms with Gasteiger partial charge in [0.25, 0.3) is 0 Å². The predicted octanol–water partition coefficient (Wildman–Crippen LogP) is 1.72. The van der Waals surface area contributed by atoms with Crippen LogP contribution in [0.1, 0.15) is 32.1 Å². The van der Waals surface area contributed by atoms with Crippen LogP contribution in [0.5, 0.6) is 0 Å². The van der Waals surface area contributed by atoms with Crippen LogP contribution < -0.4 is 0 Å². The number of carbonyl (C=O) groups excluding carboxylic acids is 1. The molecule has 0 bridgehead atoms. The first kappa shape index (κ1) is 14.5. The van der Waals surface area contributed by atoms with Crippen molar-refractivity contribution >= 4 is 11.9 Å². The van der Waals surface area contributed by atoms with Gasteiger partial charge in [0.2, 0.25) is 0 Å². The molecule has 0 amide bonds. The molecule has 0 rings (SSSR count). The molecule has 16 heavy (non-hydrogen) atoms. The molecule has 0 heterocycles. The second-order valence-corrected chi connectivity index (χ2v) is 3.21. The summed E-state index contributed by atoms with van der Waals surface area (Å²) in [5, 5.41) is 8.35. The average molecular weight is 230 g/mol. The summed E-state index contributed by atoms with van der Waals surface area (Å²) < 4.78 is 9.78. The topological polar surface area (TPSA) is 72.8 Å². The fourth-order valence-corrected chi connectivity index (χ4v) is 1.01. The average Bonchev–Trinajstić information content (AvgIpc) is 2.22. The maximum absolute atomic E-state index is 11.1. The molecule has 0 aromatic carbocycles. The van der Waals surface area contributed by atoms with Crippen LogP contribution in [0.15, 0.2) is 12.8 Å². The van der Waals surface area contributed by atoms with E-state index in [1.54, 1.807) is 0 Å². The summed E-state index contributed by atoms with van der Waals surface area (Å²) >= 11 is 0. The minimum Gasteiger partial charge on any atom is -0.502 e. The molecule has 1 N–H and O–H groups in total. The van der Waals surface area contributed by atoms with Gasteiger partial charge in [-0.15, -0.1) is 0 Å². The second kappa shape index (κ2) is 10.0. The zero-order chi connectivity index (χ0) is 12.2. The van der Waals surface area contributed by atoms with E-state index in [2.05, 4.69) is 6.58 Å². The maximum Gasteiger partial charge on any atom is 0.305 e. The minimum absolute atomic E-state index is 0.00226. The lowest BCUT2D eigenvalue weighted by Crippen LogP contribution is -2.07. The molecule has 0 unspecified atom stereocenters. The van der Waals surface area contributed by atoms with Crippen molar-refractivity contribution in [3.8, 4) is 0 Å². The quantitative estimate of drug-likeness (QED) is 0.351. The van der Waals surface area contributed by atoms with Gasteiger partial charge in [0.1, 0.15) is 0 Å². The van der Waals surface area contributed by atoms with Crippen LogP contribution in [0, 0.1) is 0 Å². The van der Waals surface area contributed by atoms with E-state index in [1.807, 2.05) is 0 Å². The first-order valence-electron chi connectivity index (χ1n) is 5.26. The number of rotatable bonds is 10. The predicted molar refractivity (Wildman–Crippen MR) is 57.8 cm³/mol. The monoisotopic (exact) mass is 230 g/mol.